The standard InChI is InChI=1S/C12H22N4O/c1-8(2)13-7-11-15-16-12(17-11)14-10-6-4-5-9(10)3/h8-10,13H,4-7H2,1-3H3,(H,14,16). The van der Waals surface area contributed by atoms with Gasteiger partial charge in [-0.25, -0.2) is 0 Å². The van der Waals surface area contributed by atoms with Crippen LogP contribution < -0.4 is 10.6 Å². The van der Waals surface area contributed by atoms with E-state index in [9.17, 15) is 0 Å². The Balaban J connectivity index is 1.85. The molecule has 1 aliphatic carbocycles. The maximum atomic E-state index is 5.55. The van der Waals surface area contributed by atoms with Crippen molar-refractivity contribution in [2.75, 3.05) is 5.32 Å². The molecule has 0 radical (unpaired) electrons. The molecule has 5 nitrogen and oxygen atoms in total. The molecule has 96 valence electrons. The summed E-state index contributed by atoms with van der Waals surface area (Å²) < 4.78 is 5.55. The molecule has 2 N–H and O–H groups in total. The van der Waals surface area contributed by atoms with Gasteiger partial charge in [0.2, 0.25) is 5.89 Å². The number of rotatable bonds is 5. The van der Waals surface area contributed by atoms with Crippen LogP contribution in [0.15, 0.2) is 4.42 Å². The fourth-order valence-electron chi connectivity index (χ4n) is 2.19. The zero-order valence-corrected chi connectivity index (χ0v) is 10.9. The highest BCUT2D eigenvalue weighted by atomic mass is 16.4. The lowest BCUT2D eigenvalue weighted by Crippen LogP contribution is -2.22. The molecule has 1 aromatic rings. The lowest BCUT2D eigenvalue weighted by atomic mass is 10.1. The zero-order chi connectivity index (χ0) is 12.3. The lowest BCUT2D eigenvalue weighted by molar-refractivity contribution is 0.449. The van der Waals surface area contributed by atoms with E-state index in [0.29, 0.717) is 36.5 Å². The van der Waals surface area contributed by atoms with Crippen LogP contribution in [0, 0.1) is 5.92 Å². The van der Waals surface area contributed by atoms with Crippen molar-refractivity contribution >= 4 is 6.01 Å². The predicted molar refractivity (Wildman–Crippen MR) is 66.7 cm³/mol. The Morgan fingerprint density at radius 2 is 2.18 bits per heavy atom. The molecule has 0 saturated heterocycles. The van der Waals surface area contributed by atoms with Crippen LogP contribution in [0.5, 0.6) is 0 Å². The first kappa shape index (κ1) is 12.4. The van der Waals surface area contributed by atoms with E-state index in [1.807, 2.05) is 0 Å². The second-order valence-corrected chi connectivity index (χ2v) is 5.20. The van der Waals surface area contributed by atoms with Gasteiger partial charge in [0.1, 0.15) is 0 Å². The molecule has 1 fully saturated rings. The van der Waals surface area contributed by atoms with Gasteiger partial charge in [-0.3, -0.25) is 0 Å². The molecule has 2 unspecified atom stereocenters. The average molecular weight is 238 g/mol. The summed E-state index contributed by atoms with van der Waals surface area (Å²) in [6.07, 6.45) is 3.77. The SMILES string of the molecule is CC(C)NCc1nnc(NC2CCCC2C)o1. The van der Waals surface area contributed by atoms with Crippen LogP contribution in [0.3, 0.4) is 0 Å². The van der Waals surface area contributed by atoms with Gasteiger partial charge in [0.05, 0.1) is 6.54 Å². The molecule has 0 amide bonds. The van der Waals surface area contributed by atoms with Crippen molar-refractivity contribution in [3.8, 4) is 0 Å². The Hall–Kier alpha value is -1.10. The van der Waals surface area contributed by atoms with Crippen molar-refractivity contribution in [2.24, 2.45) is 5.92 Å². The Morgan fingerprint density at radius 3 is 2.82 bits per heavy atom. The van der Waals surface area contributed by atoms with Gasteiger partial charge in [-0.2, -0.15) is 0 Å². The van der Waals surface area contributed by atoms with E-state index in [-0.39, 0.29) is 0 Å². The normalized spacial score (nSPS) is 24.5. The van der Waals surface area contributed by atoms with Crippen molar-refractivity contribution in [3.63, 3.8) is 0 Å². The third-order valence-corrected chi connectivity index (χ3v) is 3.30. The van der Waals surface area contributed by atoms with Gasteiger partial charge in [0.15, 0.2) is 0 Å². The molecule has 2 atom stereocenters. The van der Waals surface area contributed by atoms with Crippen LogP contribution in [0.2, 0.25) is 0 Å². The minimum atomic E-state index is 0.424. The maximum Gasteiger partial charge on any atom is 0.315 e. The summed E-state index contributed by atoms with van der Waals surface area (Å²) in [5.74, 6) is 1.34. The fourth-order valence-corrected chi connectivity index (χ4v) is 2.19. The van der Waals surface area contributed by atoms with E-state index < -0.39 is 0 Å². The van der Waals surface area contributed by atoms with Crippen molar-refractivity contribution in [2.45, 2.75) is 58.7 Å². The summed E-state index contributed by atoms with van der Waals surface area (Å²) in [4.78, 5) is 0. The number of anilines is 1. The average Bonchev–Trinajstić information content (AvgIpc) is 2.87. The van der Waals surface area contributed by atoms with E-state index in [4.69, 9.17) is 4.42 Å². The quantitative estimate of drug-likeness (QED) is 0.823. The smallest absolute Gasteiger partial charge is 0.315 e. The lowest BCUT2D eigenvalue weighted by Gasteiger charge is -2.14. The van der Waals surface area contributed by atoms with E-state index in [0.717, 1.165) is 0 Å². The Bertz CT molecular complexity index is 350. The van der Waals surface area contributed by atoms with Gasteiger partial charge in [-0.1, -0.05) is 32.3 Å². The number of hydrogen-bond acceptors (Lipinski definition) is 5. The van der Waals surface area contributed by atoms with Gasteiger partial charge in [0, 0.05) is 12.1 Å². The molecule has 1 heterocycles. The highest BCUT2D eigenvalue weighted by Crippen LogP contribution is 2.27. The molecule has 0 bridgehead atoms. The van der Waals surface area contributed by atoms with E-state index in [2.05, 4.69) is 41.6 Å². The first-order valence-corrected chi connectivity index (χ1v) is 6.47. The Labute approximate surface area is 102 Å². The van der Waals surface area contributed by atoms with Crippen LogP contribution in [-0.4, -0.2) is 22.3 Å². The summed E-state index contributed by atoms with van der Waals surface area (Å²) in [6, 6.07) is 1.47. The Morgan fingerprint density at radius 1 is 1.35 bits per heavy atom. The summed E-state index contributed by atoms with van der Waals surface area (Å²) in [5, 5.41) is 14.6. The molecule has 1 aromatic heterocycles. The van der Waals surface area contributed by atoms with Crippen LogP contribution in [0.1, 0.15) is 45.9 Å². The third kappa shape index (κ3) is 3.43. The highest BCUT2D eigenvalue weighted by molar-refractivity contribution is 5.20. The van der Waals surface area contributed by atoms with Gasteiger partial charge in [0.25, 0.3) is 0 Å². The van der Waals surface area contributed by atoms with Crippen molar-refractivity contribution in [3.05, 3.63) is 5.89 Å². The van der Waals surface area contributed by atoms with Crippen LogP contribution in [0.4, 0.5) is 6.01 Å². The minimum absolute atomic E-state index is 0.424. The number of aromatic nitrogens is 2. The van der Waals surface area contributed by atoms with Crippen LogP contribution in [-0.2, 0) is 6.54 Å². The zero-order valence-electron chi connectivity index (χ0n) is 10.9. The molecular weight excluding hydrogens is 216 g/mol. The summed E-state index contributed by atoms with van der Waals surface area (Å²) in [7, 11) is 0. The van der Waals surface area contributed by atoms with E-state index >= 15 is 0 Å². The second kappa shape index (κ2) is 5.49. The summed E-state index contributed by atoms with van der Waals surface area (Å²) >= 11 is 0. The van der Waals surface area contributed by atoms with Gasteiger partial charge < -0.3 is 15.1 Å². The molecule has 0 spiro atoms. The Kier molecular flexibility index (Phi) is 3.99. The first-order valence-electron chi connectivity index (χ1n) is 6.47. The number of hydrogen-bond donors (Lipinski definition) is 2. The van der Waals surface area contributed by atoms with Gasteiger partial charge >= 0.3 is 6.01 Å². The number of nitrogens with zero attached hydrogens (tertiary/aromatic N) is 2. The summed E-state index contributed by atoms with van der Waals surface area (Å²) in [5.41, 5.74) is 0. The maximum absolute atomic E-state index is 5.55. The highest BCUT2D eigenvalue weighted by Gasteiger charge is 2.24. The molecule has 17 heavy (non-hydrogen) atoms. The monoisotopic (exact) mass is 238 g/mol. The van der Waals surface area contributed by atoms with Gasteiger partial charge in [-0.05, 0) is 18.8 Å². The largest absolute Gasteiger partial charge is 0.407 e. The van der Waals surface area contributed by atoms with Crippen molar-refractivity contribution in [1.29, 1.82) is 0 Å². The second-order valence-electron chi connectivity index (χ2n) is 5.20. The third-order valence-electron chi connectivity index (χ3n) is 3.30. The van der Waals surface area contributed by atoms with Gasteiger partial charge in [-0.15, -0.1) is 5.10 Å². The summed E-state index contributed by atoms with van der Waals surface area (Å²) in [6.45, 7) is 7.08. The minimum Gasteiger partial charge on any atom is -0.407 e. The molecule has 0 aliphatic heterocycles. The predicted octanol–water partition coefficient (Wildman–Crippen LogP) is 2.17. The van der Waals surface area contributed by atoms with Crippen molar-refractivity contribution < 1.29 is 4.42 Å². The molecule has 1 saturated carbocycles. The molecule has 2 rings (SSSR count). The molecule has 5 heteroatoms. The van der Waals surface area contributed by atoms with Crippen LogP contribution in [0.25, 0.3) is 0 Å². The molecule has 0 aromatic carbocycles. The van der Waals surface area contributed by atoms with Crippen LogP contribution >= 0.6 is 0 Å². The topological polar surface area (TPSA) is 63.0 Å². The molecular formula is C12H22N4O. The van der Waals surface area contributed by atoms with E-state index in [1.54, 1.807) is 0 Å². The first-order chi connectivity index (χ1) is 8.15. The fraction of sp³-hybridized carbons (Fsp3) is 0.833. The molecule has 1 aliphatic rings. The van der Waals surface area contributed by atoms with E-state index in [1.165, 1.54) is 19.3 Å². The van der Waals surface area contributed by atoms with Crippen molar-refractivity contribution in [1.82, 2.24) is 15.5 Å². The number of nitrogens with one attached hydrogen (secondary N) is 2.